The molecule has 0 fully saturated rings. The van der Waals surface area contributed by atoms with Gasteiger partial charge in [0.15, 0.2) is 0 Å². The molecule has 23 heavy (non-hydrogen) atoms. The molecule has 0 aliphatic heterocycles. The van der Waals surface area contributed by atoms with Crippen molar-refractivity contribution in [2.75, 3.05) is 0 Å². The quantitative estimate of drug-likeness (QED) is 0.452. The van der Waals surface area contributed by atoms with E-state index in [-0.39, 0.29) is 30.2 Å². The second kappa shape index (κ2) is 14.0. The Morgan fingerprint density at radius 3 is 1.91 bits per heavy atom. The second-order valence-corrected chi connectivity index (χ2v) is 7.83. The topological polar surface area (TPSA) is 20.2 Å². The predicted molar refractivity (Wildman–Crippen MR) is 89.3 cm³/mol. The molecule has 129 valence electrons. The Balaban J connectivity index is -0.000000286. The van der Waals surface area contributed by atoms with Crippen LogP contribution in [0.2, 0.25) is 0 Å². The first-order chi connectivity index (χ1) is 9.62. The van der Waals surface area contributed by atoms with Gasteiger partial charge in [0.05, 0.1) is 0 Å². The van der Waals surface area contributed by atoms with Crippen LogP contribution in [0.15, 0.2) is 42.0 Å². The molecule has 0 saturated heterocycles. The molecule has 1 N–H and O–H groups in total. The van der Waals surface area contributed by atoms with Crippen LogP contribution in [0.4, 0.5) is 0 Å². The number of benzene rings is 1. The van der Waals surface area contributed by atoms with Crippen molar-refractivity contribution in [2.24, 2.45) is 0 Å². The van der Waals surface area contributed by atoms with Gasteiger partial charge in [-0.3, -0.25) is 6.08 Å². The summed E-state index contributed by atoms with van der Waals surface area (Å²) in [5.74, 6) is 0.345. The molecule has 4 heteroatoms. The van der Waals surface area contributed by atoms with Crippen LogP contribution in [0.5, 0.6) is 5.75 Å². The van der Waals surface area contributed by atoms with Gasteiger partial charge >= 0.3 is 37.6 Å². The Morgan fingerprint density at radius 1 is 1.17 bits per heavy atom. The molecule has 1 aromatic rings. The summed E-state index contributed by atoms with van der Waals surface area (Å²) in [6.45, 7) is 12.6. The zero-order valence-electron chi connectivity index (χ0n) is 14.9. The molecule has 0 atom stereocenters. The Bertz CT molecular complexity index is 508. The summed E-state index contributed by atoms with van der Waals surface area (Å²) in [5.41, 5.74) is 2.56. The van der Waals surface area contributed by atoms with Crippen molar-refractivity contribution in [3.05, 3.63) is 53.6 Å². The van der Waals surface area contributed by atoms with E-state index in [4.69, 9.17) is 0 Å². The first-order valence-electron chi connectivity index (χ1n) is 7.18. The van der Waals surface area contributed by atoms with Crippen molar-refractivity contribution in [2.45, 2.75) is 53.4 Å². The fraction of sp³-hybridized carbons (Fsp3) is 0.421. The van der Waals surface area contributed by atoms with E-state index in [9.17, 15) is 5.11 Å². The fourth-order valence-corrected chi connectivity index (χ4v) is 1.49. The SMILES string of the molecule is CC(C)(C)c1cccc(O)c1.CC1=[C-]CC=C1.C[C](C)=[Ti+].[Cl-].[Cl-]. The molecule has 0 saturated carbocycles. The van der Waals surface area contributed by atoms with Crippen molar-refractivity contribution in [1.29, 1.82) is 0 Å². The van der Waals surface area contributed by atoms with Gasteiger partial charge in [-0.25, -0.2) is 11.6 Å². The van der Waals surface area contributed by atoms with Crippen LogP contribution in [-0.2, 0) is 25.4 Å². The summed E-state index contributed by atoms with van der Waals surface area (Å²) < 4.78 is 1.42. The molecule has 2 rings (SSSR count). The summed E-state index contributed by atoms with van der Waals surface area (Å²) in [5, 5.41) is 9.18. The molecule has 1 aliphatic carbocycles. The smallest absolute Gasteiger partial charge is 1.00 e. The average Bonchev–Trinajstić information content (AvgIpc) is 2.79. The van der Waals surface area contributed by atoms with Crippen LogP contribution in [0.1, 0.15) is 53.5 Å². The number of phenolic OH excluding ortho intramolecular Hbond substituents is 1. The third-order valence-corrected chi connectivity index (χ3v) is 2.58. The minimum atomic E-state index is 0. The van der Waals surface area contributed by atoms with Gasteiger partial charge in [-0.1, -0.05) is 39.8 Å². The van der Waals surface area contributed by atoms with E-state index in [1.807, 2.05) is 12.1 Å². The number of halogens is 2. The van der Waals surface area contributed by atoms with Crippen molar-refractivity contribution in [1.82, 2.24) is 0 Å². The van der Waals surface area contributed by atoms with Crippen LogP contribution in [0.25, 0.3) is 0 Å². The molecule has 1 nitrogen and oxygen atoms in total. The van der Waals surface area contributed by atoms with Crippen LogP contribution in [0, 0.1) is 6.08 Å². The van der Waals surface area contributed by atoms with Gasteiger partial charge in [0.2, 0.25) is 0 Å². The van der Waals surface area contributed by atoms with Crippen molar-refractivity contribution in [3.8, 4) is 5.75 Å². The van der Waals surface area contributed by atoms with Gasteiger partial charge < -0.3 is 29.9 Å². The maximum atomic E-state index is 9.18. The van der Waals surface area contributed by atoms with Gasteiger partial charge in [-0.2, -0.15) is 6.08 Å². The van der Waals surface area contributed by atoms with E-state index < -0.39 is 0 Å². The molecule has 0 amide bonds. The normalized spacial score (nSPS) is 11.6. The molecule has 0 aromatic heterocycles. The summed E-state index contributed by atoms with van der Waals surface area (Å²) in [7, 11) is 0. The molecule has 0 heterocycles. The Hall–Kier alpha value is -0.336. The summed E-state index contributed by atoms with van der Waals surface area (Å²) in [6.07, 6.45) is 8.33. The van der Waals surface area contributed by atoms with E-state index in [1.165, 1.54) is 9.38 Å². The van der Waals surface area contributed by atoms with Crippen molar-refractivity contribution < 1.29 is 49.9 Å². The van der Waals surface area contributed by atoms with Crippen molar-refractivity contribution in [3.63, 3.8) is 0 Å². The largest absolute Gasteiger partial charge is 1.00 e. The zero-order chi connectivity index (χ0) is 16.5. The van der Waals surface area contributed by atoms with Gasteiger partial charge in [0.1, 0.15) is 5.75 Å². The molecule has 1 aliphatic rings. The average molecular weight is 390 g/mol. The van der Waals surface area contributed by atoms with Gasteiger partial charge in [0, 0.05) is 0 Å². The van der Waals surface area contributed by atoms with Crippen LogP contribution in [0.3, 0.4) is 0 Å². The maximum Gasteiger partial charge on any atom is -1.00 e. The number of rotatable bonds is 0. The van der Waals surface area contributed by atoms with E-state index in [1.54, 1.807) is 12.1 Å². The molecule has 0 radical (unpaired) electrons. The van der Waals surface area contributed by atoms with Gasteiger partial charge in [-0.05, 0) is 23.1 Å². The van der Waals surface area contributed by atoms with Crippen molar-refractivity contribution >= 4 is 3.81 Å². The fourth-order valence-electron chi connectivity index (χ4n) is 1.49. The number of allylic oxidation sites excluding steroid dienone is 4. The maximum absolute atomic E-state index is 9.18. The van der Waals surface area contributed by atoms with Crippen LogP contribution >= 0.6 is 0 Å². The summed E-state index contributed by atoms with van der Waals surface area (Å²) in [6, 6.07) is 7.39. The van der Waals surface area contributed by atoms with Gasteiger partial charge in [0.25, 0.3) is 0 Å². The number of aromatic hydroxyl groups is 1. The molecule has 0 spiro atoms. The number of hydrogen-bond acceptors (Lipinski definition) is 1. The monoisotopic (exact) mass is 389 g/mol. The number of phenols is 1. The molecular formula is C19H27Cl2OTi-2. The number of hydrogen-bond donors (Lipinski definition) is 1. The molecular weight excluding hydrogens is 363 g/mol. The molecule has 0 bridgehead atoms. The summed E-state index contributed by atoms with van der Waals surface area (Å²) in [4.78, 5) is 0. The minimum Gasteiger partial charge on any atom is -1.00 e. The third kappa shape index (κ3) is 16.3. The minimum absolute atomic E-state index is 0. The molecule has 1 aromatic carbocycles. The second-order valence-electron chi connectivity index (χ2n) is 6.27. The van der Waals surface area contributed by atoms with E-state index >= 15 is 0 Å². The van der Waals surface area contributed by atoms with E-state index in [0.29, 0.717) is 5.75 Å². The van der Waals surface area contributed by atoms with Crippen LogP contribution < -0.4 is 24.8 Å². The Morgan fingerprint density at radius 2 is 1.70 bits per heavy atom. The zero-order valence-corrected chi connectivity index (χ0v) is 17.9. The summed E-state index contributed by atoms with van der Waals surface area (Å²) >= 11 is 2.08. The standard InChI is InChI=1S/C10H14O.C6H7.C3H6.2ClH.Ti/c1-10(2,3)8-5-4-6-9(11)7-8;1-6-4-2-3-5-6;1-3-2;;;/h4-7,11H,1-3H3;2,4H,3H2,1H3;1-2H3;2*1H;/q;-1;;;;+1/p-2. The first-order valence-corrected chi connectivity index (χ1v) is 7.96. The van der Waals surface area contributed by atoms with Crippen LogP contribution in [-0.4, -0.2) is 8.92 Å². The first kappa shape index (κ1) is 27.5. The molecule has 0 unspecified atom stereocenters. The van der Waals surface area contributed by atoms with Gasteiger partial charge in [-0.15, -0.1) is 6.42 Å². The van der Waals surface area contributed by atoms with E-state index in [0.717, 1.165) is 12.0 Å². The Labute approximate surface area is 166 Å². The predicted octanol–water partition coefficient (Wildman–Crippen LogP) is -0.861. The van der Waals surface area contributed by atoms with E-state index in [2.05, 4.69) is 79.7 Å². The Kier molecular flexibility index (Phi) is 16.8. The third-order valence-electron chi connectivity index (χ3n) is 2.58.